The SMILES string of the molecule is CC(C)C[C@H](N)C(=O)O.NCC(=O)O.NCC(=O)O.NCCCC[C@H](N)C(=O)O. The first kappa shape index (κ1) is 34.2. The number of carboxylic acids is 4. The molecule has 0 aliphatic rings. The Bertz CT molecular complexity index is 435. The Morgan fingerprint density at radius 1 is 0.724 bits per heavy atom. The Kier molecular flexibility index (Phi) is 28.0. The van der Waals surface area contributed by atoms with E-state index in [2.05, 4.69) is 11.5 Å². The topological polar surface area (TPSA) is 279 Å². The number of rotatable bonds is 10. The molecule has 0 heterocycles. The summed E-state index contributed by atoms with van der Waals surface area (Å²) in [6.45, 7) is 3.94. The molecule has 0 radical (unpaired) electrons. The summed E-state index contributed by atoms with van der Waals surface area (Å²) >= 11 is 0. The van der Waals surface area contributed by atoms with Gasteiger partial charge >= 0.3 is 23.9 Å². The summed E-state index contributed by atoms with van der Waals surface area (Å²) in [5.74, 6) is -3.42. The maximum atomic E-state index is 10.1. The van der Waals surface area contributed by atoms with Gasteiger partial charge in [-0.05, 0) is 31.7 Å². The predicted molar refractivity (Wildman–Crippen MR) is 107 cm³/mol. The highest BCUT2D eigenvalue weighted by molar-refractivity contribution is 5.73. The summed E-state index contributed by atoms with van der Waals surface area (Å²) in [6.07, 6.45) is 2.72. The highest BCUT2D eigenvalue weighted by Crippen LogP contribution is 2.01. The standard InChI is InChI=1S/C6H14N2O2.C6H13NO2.2C2H5NO2/c7-4-2-1-3-5(8)6(9)10;1-4(2)3-5(7)6(8)9;2*3-1-2(4)5/h5H,1-4,7-8H2,(H,9,10);4-5H,3,7H2,1-2H3,(H,8,9);2*1,3H2,(H,4,5)/t2*5-;;/m00../s1. The number of carbonyl (C=O) groups is 4. The Morgan fingerprint density at radius 2 is 1.07 bits per heavy atom. The van der Waals surface area contributed by atoms with E-state index in [4.69, 9.17) is 37.6 Å². The quantitative estimate of drug-likeness (QED) is 0.171. The Hall–Kier alpha value is -2.32. The van der Waals surface area contributed by atoms with E-state index in [-0.39, 0.29) is 13.1 Å². The van der Waals surface area contributed by atoms with Crippen molar-refractivity contribution in [3.05, 3.63) is 0 Å². The van der Waals surface area contributed by atoms with Crippen molar-refractivity contribution in [1.82, 2.24) is 0 Å². The molecule has 0 bridgehead atoms. The zero-order valence-electron chi connectivity index (χ0n) is 17.0. The molecule has 0 unspecified atom stereocenters. The molecule has 13 nitrogen and oxygen atoms in total. The normalized spacial score (nSPS) is 11.3. The van der Waals surface area contributed by atoms with Crippen LogP contribution in [0.2, 0.25) is 0 Å². The molecule has 2 atom stereocenters. The van der Waals surface area contributed by atoms with E-state index in [0.717, 1.165) is 12.8 Å². The molecule has 0 aromatic heterocycles. The third-order valence-corrected chi connectivity index (χ3v) is 2.68. The van der Waals surface area contributed by atoms with E-state index >= 15 is 0 Å². The van der Waals surface area contributed by atoms with Crippen LogP contribution in [0.4, 0.5) is 0 Å². The fourth-order valence-electron chi connectivity index (χ4n) is 1.24. The highest BCUT2D eigenvalue weighted by atomic mass is 16.4. The van der Waals surface area contributed by atoms with Crippen molar-refractivity contribution in [2.45, 2.75) is 51.6 Å². The van der Waals surface area contributed by atoms with Crippen LogP contribution in [0.1, 0.15) is 39.5 Å². The molecule has 0 amide bonds. The molecule has 0 saturated heterocycles. The Balaban J connectivity index is -0.000000151. The summed E-state index contributed by atoms with van der Waals surface area (Å²) < 4.78 is 0. The second-order valence-electron chi connectivity index (χ2n) is 6.00. The number of nitrogens with two attached hydrogens (primary N) is 5. The van der Waals surface area contributed by atoms with Gasteiger partial charge in [-0.2, -0.15) is 0 Å². The van der Waals surface area contributed by atoms with E-state index in [1.165, 1.54) is 0 Å². The van der Waals surface area contributed by atoms with Crippen molar-refractivity contribution >= 4 is 23.9 Å². The van der Waals surface area contributed by atoms with Gasteiger partial charge in [-0.25, -0.2) is 0 Å². The van der Waals surface area contributed by atoms with Gasteiger partial charge < -0.3 is 49.1 Å². The molecule has 13 heteroatoms. The molecule has 0 aliphatic heterocycles. The van der Waals surface area contributed by atoms with Gasteiger partial charge in [0.1, 0.15) is 12.1 Å². The van der Waals surface area contributed by atoms with Crippen LogP contribution in [0.3, 0.4) is 0 Å². The van der Waals surface area contributed by atoms with Gasteiger partial charge in [-0.3, -0.25) is 19.2 Å². The first-order valence-electron chi connectivity index (χ1n) is 8.77. The lowest BCUT2D eigenvalue weighted by Gasteiger charge is -2.07. The Morgan fingerprint density at radius 3 is 1.24 bits per heavy atom. The summed E-state index contributed by atoms with van der Waals surface area (Å²) in [5.41, 5.74) is 24.8. The number of hydrogen-bond donors (Lipinski definition) is 9. The minimum absolute atomic E-state index is 0.278. The van der Waals surface area contributed by atoms with E-state index < -0.39 is 36.0 Å². The van der Waals surface area contributed by atoms with Crippen LogP contribution in [-0.4, -0.2) is 76.0 Å². The van der Waals surface area contributed by atoms with Gasteiger partial charge in [0.2, 0.25) is 0 Å². The molecule has 0 aliphatic carbocycles. The summed E-state index contributed by atoms with van der Waals surface area (Å²) in [5, 5.41) is 31.8. The molecule has 14 N–H and O–H groups in total. The molecular formula is C16H37N5O8. The molecule has 0 aromatic rings. The fraction of sp³-hybridized carbons (Fsp3) is 0.750. The van der Waals surface area contributed by atoms with E-state index in [1.54, 1.807) is 0 Å². The molecule has 0 saturated carbocycles. The first-order chi connectivity index (χ1) is 13.3. The van der Waals surface area contributed by atoms with Crippen molar-refractivity contribution in [2.75, 3.05) is 19.6 Å². The van der Waals surface area contributed by atoms with Crippen molar-refractivity contribution in [1.29, 1.82) is 0 Å². The number of carboxylic acid groups (broad SMARTS) is 4. The summed E-state index contributed by atoms with van der Waals surface area (Å²) in [7, 11) is 0. The highest BCUT2D eigenvalue weighted by Gasteiger charge is 2.12. The first-order valence-corrected chi connectivity index (χ1v) is 8.77. The largest absolute Gasteiger partial charge is 0.480 e. The number of hydrogen-bond acceptors (Lipinski definition) is 9. The van der Waals surface area contributed by atoms with Gasteiger partial charge in [-0.15, -0.1) is 0 Å². The van der Waals surface area contributed by atoms with Crippen LogP contribution in [0.5, 0.6) is 0 Å². The Labute approximate surface area is 170 Å². The zero-order valence-corrected chi connectivity index (χ0v) is 17.0. The molecule has 29 heavy (non-hydrogen) atoms. The van der Waals surface area contributed by atoms with Crippen molar-refractivity contribution in [3.63, 3.8) is 0 Å². The minimum atomic E-state index is -0.968. The maximum absolute atomic E-state index is 10.1. The molecule has 0 spiro atoms. The summed E-state index contributed by atoms with van der Waals surface area (Å²) in [6, 6.07) is -1.41. The molecular weight excluding hydrogens is 390 g/mol. The predicted octanol–water partition coefficient (Wildman–Crippen LogP) is -1.97. The van der Waals surface area contributed by atoms with Gasteiger partial charge in [0.25, 0.3) is 0 Å². The second-order valence-corrected chi connectivity index (χ2v) is 6.00. The van der Waals surface area contributed by atoms with Crippen LogP contribution in [0.25, 0.3) is 0 Å². The second kappa shape index (κ2) is 23.7. The van der Waals surface area contributed by atoms with Crippen LogP contribution in [-0.2, 0) is 19.2 Å². The zero-order chi connectivity index (χ0) is 24.0. The lowest BCUT2D eigenvalue weighted by atomic mass is 10.1. The monoisotopic (exact) mass is 427 g/mol. The van der Waals surface area contributed by atoms with E-state index in [9.17, 15) is 19.2 Å². The average Bonchev–Trinajstić information content (AvgIpc) is 2.62. The van der Waals surface area contributed by atoms with Crippen molar-refractivity contribution in [3.8, 4) is 0 Å². The van der Waals surface area contributed by atoms with Crippen LogP contribution >= 0.6 is 0 Å². The minimum Gasteiger partial charge on any atom is -0.480 e. The molecule has 0 fully saturated rings. The molecule has 0 aromatic carbocycles. The number of unbranched alkanes of at least 4 members (excludes halogenated alkanes) is 1. The van der Waals surface area contributed by atoms with E-state index in [0.29, 0.717) is 25.3 Å². The fourth-order valence-corrected chi connectivity index (χ4v) is 1.24. The lowest BCUT2D eigenvalue weighted by Crippen LogP contribution is -2.31. The van der Waals surface area contributed by atoms with Crippen LogP contribution in [0, 0.1) is 5.92 Å². The number of aliphatic carboxylic acids is 4. The van der Waals surface area contributed by atoms with Gasteiger partial charge in [-0.1, -0.05) is 20.3 Å². The van der Waals surface area contributed by atoms with Crippen molar-refractivity contribution in [2.24, 2.45) is 34.6 Å². The lowest BCUT2D eigenvalue weighted by molar-refractivity contribution is -0.139. The molecule has 174 valence electrons. The van der Waals surface area contributed by atoms with Crippen LogP contribution < -0.4 is 28.7 Å². The third kappa shape index (κ3) is 41.3. The van der Waals surface area contributed by atoms with Crippen LogP contribution in [0.15, 0.2) is 0 Å². The maximum Gasteiger partial charge on any atom is 0.320 e. The smallest absolute Gasteiger partial charge is 0.320 e. The van der Waals surface area contributed by atoms with E-state index in [1.807, 2.05) is 13.8 Å². The van der Waals surface area contributed by atoms with Crippen molar-refractivity contribution < 1.29 is 39.6 Å². The summed E-state index contributed by atoms with van der Waals surface area (Å²) in [4.78, 5) is 38.7. The molecule has 0 rings (SSSR count). The van der Waals surface area contributed by atoms with Gasteiger partial charge in [0.05, 0.1) is 13.1 Å². The third-order valence-electron chi connectivity index (χ3n) is 2.68. The van der Waals surface area contributed by atoms with Gasteiger partial charge in [0, 0.05) is 0 Å². The average molecular weight is 427 g/mol. The van der Waals surface area contributed by atoms with Gasteiger partial charge in [0.15, 0.2) is 0 Å².